The first-order chi connectivity index (χ1) is 13.8. The monoisotopic (exact) mass is 426 g/mol. The zero-order chi connectivity index (χ0) is 20.6. The van der Waals surface area contributed by atoms with Crippen LogP contribution in [0.25, 0.3) is 21.7 Å². The Morgan fingerprint density at radius 1 is 1.00 bits per heavy atom. The fourth-order valence-corrected chi connectivity index (χ4v) is 5.20. The SMILES string of the molecule is CN(C)CCc1c[nH]c2ccc(CS(=O)(=O)c3ccc4c(Cl)cccc4c3)cc12. The van der Waals surface area contributed by atoms with Crippen molar-refractivity contribution in [3.8, 4) is 0 Å². The van der Waals surface area contributed by atoms with Crippen molar-refractivity contribution >= 4 is 43.1 Å². The third-order valence-corrected chi connectivity index (χ3v) is 7.19. The summed E-state index contributed by atoms with van der Waals surface area (Å²) in [7, 11) is 0.621. The second kappa shape index (κ2) is 7.82. The van der Waals surface area contributed by atoms with Crippen LogP contribution in [0.1, 0.15) is 11.1 Å². The van der Waals surface area contributed by atoms with Crippen LogP contribution >= 0.6 is 11.6 Å². The van der Waals surface area contributed by atoms with Crippen molar-refractivity contribution in [2.24, 2.45) is 0 Å². The van der Waals surface area contributed by atoms with E-state index in [9.17, 15) is 8.42 Å². The Morgan fingerprint density at radius 3 is 2.62 bits per heavy atom. The quantitative estimate of drug-likeness (QED) is 0.469. The molecule has 4 aromatic rings. The van der Waals surface area contributed by atoms with Crippen molar-refractivity contribution < 1.29 is 8.42 Å². The number of halogens is 1. The largest absolute Gasteiger partial charge is 0.361 e. The van der Waals surface area contributed by atoms with Crippen LogP contribution in [0.3, 0.4) is 0 Å². The molecular weight excluding hydrogens is 404 g/mol. The summed E-state index contributed by atoms with van der Waals surface area (Å²) in [6, 6.07) is 16.5. The average molecular weight is 427 g/mol. The van der Waals surface area contributed by atoms with E-state index in [0.29, 0.717) is 9.92 Å². The average Bonchev–Trinajstić information content (AvgIpc) is 3.08. The second-order valence-electron chi connectivity index (χ2n) is 7.63. The molecule has 4 rings (SSSR count). The number of fused-ring (bicyclic) bond motifs is 2. The standard InChI is InChI=1S/C23H23ClN2O2S/c1-26(2)11-10-18-14-25-23-9-6-16(12-21(18)23)15-29(27,28)19-7-8-20-17(13-19)4-3-5-22(20)24/h3-9,12-14,25H,10-11,15H2,1-2H3. The van der Waals surface area contributed by atoms with Crippen molar-refractivity contribution in [3.05, 3.63) is 76.9 Å². The van der Waals surface area contributed by atoms with Crippen LogP contribution < -0.4 is 0 Å². The summed E-state index contributed by atoms with van der Waals surface area (Å²) in [4.78, 5) is 5.73. The maximum atomic E-state index is 13.1. The Balaban J connectivity index is 1.65. The first-order valence-electron chi connectivity index (χ1n) is 9.48. The first kappa shape index (κ1) is 20.0. The molecule has 0 radical (unpaired) electrons. The van der Waals surface area contributed by atoms with Crippen LogP contribution in [0.2, 0.25) is 5.02 Å². The number of nitrogens with one attached hydrogen (secondary N) is 1. The predicted octanol–water partition coefficient (Wildman–Crippen LogP) is 5.05. The molecule has 0 aliphatic rings. The van der Waals surface area contributed by atoms with Crippen LogP contribution in [-0.4, -0.2) is 38.9 Å². The van der Waals surface area contributed by atoms with E-state index in [0.717, 1.165) is 40.2 Å². The molecule has 0 amide bonds. The van der Waals surface area contributed by atoms with Crippen LogP contribution in [0, 0.1) is 0 Å². The number of benzene rings is 3. The van der Waals surface area contributed by atoms with Gasteiger partial charge in [0.15, 0.2) is 9.84 Å². The number of hydrogen-bond acceptors (Lipinski definition) is 3. The molecule has 150 valence electrons. The molecule has 0 unspecified atom stereocenters. The van der Waals surface area contributed by atoms with Crippen LogP contribution in [0.4, 0.5) is 0 Å². The highest BCUT2D eigenvalue weighted by atomic mass is 35.5. The molecule has 0 saturated heterocycles. The van der Waals surface area contributed by atoms with Crippen molar-refractivity contribution in [1.29, 1.82) is 0 Å². The van der Waals surface area contributed by atoms with E-state index < -0.39 is 9.84 Å². The fraction of sp³-hybridized carbons (Fsp3) is 0.217. The minimum Gasteiger partial charge on any atom is -0.361 e. The first-order valence-corrected chi connectivity index (χ1v) is 11.5. The number of rotatable bonds is 6. The van der Waals surface area contributed by atoms with E-state index in [-0.39, 0.29) is 5.75 Å². The minimum absolute atomic E-state index is 0.0344. The van der Waals surface area contributed by atoms with Gasteiger partial charge in [-0.2, -0.15) is 0 Å². The van der Waals surface area contributed by atoms with E-state index in [1.54, 1.807) is 24.3 Å². The van der Waals surface area contributed by atoms with Gasteiger partial charge in [-0.25, -0.2) is 8.42 Å². The number of nitrogens with zero attached hydrogens (tertiary/aromatic N) is 1. The summed E-state index contributed by atoms with van der Waals surface area (Å²) < 4.78 is 26.1. The topological polar surface area (TPSA) is 53.2 Å². The number of aromatic amines is 1. The summed E-state index contributed by atoms with van der Waals surface area (Å²) in [5, 5.41) is 3.39. The van der Waals surface area contributed by atoms with Gasteiger partial charge in [-0.05, 0) is 67.4 Å². The Kier molecular flexibility index (Phi) is 5.38. The van der Waals surface area contributed by atoms with E-state index in [2.05, 4.69) is 9.88 Å². The molecule has 0 fully saturated rings. The van der Waals surface area contributed by atoms with Gasteiger partial charge in [0.1, 0.15) is 0 Å². The third kappa shape index (κ3) is 4.17. The molecule has 0 aliphatic heterocycles. The molecule has 0 bridgehead atoms. The highest BCUT2D eigenvalue weighted by Crippen LogP contribution is 2.28. The van der Waals surface area contributed by atoms with Crippen LogP contribution in [0.15, 0.2) is 65.7 Å². The maximum absolute atomic E-state index is 13.1. The summed E-state index contributed by atoms with van der Waals surface area (Å²) in [5.41, 5.74) is 3.02. The summed E-state index contributed by atoms with van der Waals surface area (Å²) in [5.74, 6) is -0.0344. The van der Waals surface area contributed by atoms with Crippen molar-refractivity contribution in [1.82, 2.24) is 9.88 Å². The minimum atomic E-state index is -3.47. The number of hydrogen-bond donors (Lipinski definition) is 1. The number of likely N-dealkylation sites (N-methyl/N-ethyl adjacent to an activating group) is 1. The molecule has 0 aliphatic carbocycles. The second-order valence-corrected chi connectivity index (χ2v) is 10.0. The number of aromatic nitrogens is 1. The Labute approximate surface area is 176 Å². The molecular formula is C23H23ClN2O2S. The zero-order valence-corrected chi connectivity index (χ0v) is 18.0. The number of H-pyrrole nitrogens is 1. The Morgan fingerprint density at radius 2 is 1.83 bits per heavy atom. The summed E-state index contributed by atoms with van der Waals surface area (Å²) in [6.45, 7) is 0.940. The summed E-state index contributed by atoms with van der Waals surface area (Å²) >= 11 is 6.20. The molecule has 3 aromatic carbocycles. The van der Waals surface area contributed by atoms with Crippen molar-refractivity contribution in [3.63, 3.8) is 0 Å². The molecule has 0 spiro atoms. The Hall–Kier alpha value is -2.34. The molecule has 1 aromatic heterocycles. The molecule has 1 heterocycles. The van der Waals surface area contributed by atoms with Gasteiger partial charge in [0.25, 0.3) is 0 Å². The van der Waals surface area contributed by atoms with Gasteiger partial charge in [-0.15, -0.1) is 0 Å². The molecule has 6 heteroatoms. The van der Waals surface area contributed by atoms with Gasteiger partial charge in [-0.1, -0.05) is 35.9 Å². The predicted molar refractivity (Wildman–Crippen MR) is 120 cm³/mol. The highest BCUT2D eigenvalue weighted by Gasteiger charge is 2.17. The third-order valence-electron chi connectivity index (χ3n) is 5.17. The number of sulfone groups is 1. The Bertz CT molecular complexity index is 1290. The highest BCUT2D eigenvalue weighted by molar-refractivity contribution is 7.90. The van der Waals surface area contributed by atoms with E-state index in [1.807, 2.05) is 50.6 Å². The van der Waals surface area contributed by atoms with Crippen molar-refractivity contribution in [2.75, 3.05) is 20.6 Å². The maximum Gasteiger partial charge on any atom is 0.182 e. The van der Waals surface area contributed by atoms with Crippen molar-refractivity contribution in [2.45, 2.75) is 17.1 Å². The molecule has 0 saturated carbocycles. The lowest BCUT2D eigenvalue weighted by molar-refractivity contribution is 0.414. The van der Waals surface area contributed by atoms with Gasteiger partial charge in [0, 0.05) is 34.1 Å². The lowest BCUT2D eigenvalue weighted by Gasteiger charge is -2.09. The van der Waals surface area contributed by atoms with E-state index in [1.165, 1.54) is 5.56 Å². The molecule has 4 nitrogen and oxygen atoms in total. The van der Waals surface area contributed by atoms with Gasteiger partial charge < -0.3 is 9.88 Å². The smallest absolute Gasteiger partial charge is 0.182 e. The lowest BCUT2D eigenvalue weighted by atomic mass is 10.1. The zero-order valence-electron chi connectivity index (χ0n) is 16.4. The molecule has 29 heavy (non-hydrogen) atoms. The van der Waals surface area contributed by atoms with Gasteiger partial charge in [0.05, 0.1) is 10.6 Å². The molecule has 0 atom stereocenters. The van der Waals surface area contributed by atoms with E-state index in [4.69, 9.17) is 11.6 Å². The lowest BCUT2D eigenvalue weighted by Crippen LogP contribution is -2.14. The summed E-state index contributed by atoms with van der Waals surface area (Å²) in [6.07, 6.45) is 2.92. The van der Waals surface area contributed by atoms with Gasteiger partial charge in [-0.3, -0.25) is 0 Å². The van der Waals surface area contributed by atoms with E-state index >= 15 is 0 Å². The molecule has 1 N–H and O–H groups in total. The normalized spacial score (nSPS) is 12.3. The van der Waals surface area contributed by atoms with Gasteiger partial charge >= 0.3 is 0 Å². The van der Waals surface area contributed by atoms with Crippen LogP contribution in [0.5, 0.6) is 0 Å². The van der Waals surface area contributed by atoms with Gasteiger partial charge in [0.2, 0.25) is 0 Å². The fourth-order valence-electron chi connectivity index (χ4n) is 3.58. The van der Waals surface area contributed by atoms with Crippen LogP contribution in [-0.2, 0) is 22.0 Å².